The molecule has 2 rings (SSSR count). The van der Waals surface area contributed by atoms with Gasteiger partial charge in [0.25, 0.3) is 0 Å². The zero-order valence-corrected chi connectivity index (χ0v) is 16.0. The molecular formula is C22H28O5. The summed E-state index contributed by atoms with van der Waals surface area (Å²) in [6.07, 6.45) is 3.70. The number of aromatic hydroxyl groups is 2. The monoisotopic (exact) mass is 372 g/mol. The van der Waals surface area contributed by atoms with Gasteiger partial charge in [0.2, 0.25) is 0 Å². The topological polar surface area (TPSA) is 76.0 Å². The van der Waals surface area contributed by atoms with E-state index in [4.69, 9.17) is 9.47 Å². The highest BCUT2D eigenvalue weighted by Gasteiger charge is 2.12. The number of phenols is 2. The molecule has 2 N–H and O–H groups in total. The largest absolute Gasteiger partial charge is 0.508 e. The minimum absolute atomic E-state index is 0.190. The van der Waals surface area contributed by atoms with Gasteiger partial charge in [-0.15, -0.1) is 0 Å². The number of benzene rings is 2. The summed E-state index contributed by atoms with van der Waals surface area (Å²) >= 11 is 0. The van der Waals surface area contributed by atoms with Gasteiger partial charge in [0.15, 0.2) is 0 Å². The van der Waals surface area contributed by atoms with Crippen LogP contribution in [0, 0.1) is 12.8 Å². The smallest absolute Gasteiger partial charge is 0.125 e. The maximum atomic E-state index is 10.6. The summed E-state index contributed by atoms with van der Waals surface area (Å²) in [6.45, 7) is 4.91. The van der Waals surface area contributed by atoms with E-state index in [2.05, 4.69) is 0 Å². The van der Waals surface area contributed by atoms with Crippen LogP contribution in [0.5, 0.6) is 23.0 Å². The minimum Gasteiger partial charge on any atom is -0.508 e. The lowest BCUT2D eigenvalue weighted by Crippen LogP contribution is -2.05. The van der Waals surface area contributed by atoms with E-state index in [-0.39, 0.29) is 17.4 Å². The van der Waals surface area contributed by atoms with E-state index in [0.717, 1.165) is 30.3 Å². The molecule has 0 heterocycles. The number of ether oxygens (including phenoxy) is 2. The molecule has 2 aromatic rings. The summed E-state index contributed by atoms with van der Waals surface area (Å²) in [5.41, 5.74) is 1.57. The Morgan fingerprint density at radius 3 is 2.52 bits per heavy atom. The molecule has 0 aliphatic carbocycles. The number of hydrogen-bond donors (Lipinski definition) is 2. The van der Waals surface area contributed by atoms with Crippen molar-refractivity contribution in [2.24, 2.45) is 5.92 Å². The van der Waals surface area contributed by atoms with E-state index in [9.17, 15) is 15.0 Å². The zero-order chi connectivity index (χ0) is 19.6. The second-order valence-electron chi connectivity index (χ2n) is 6.81. The van der Waals surface area contributed by atoms with Gasteiger partial charge in [0, 0.05) is 18.1 Å². The first-order chi connectivity index (χ1) is 13.0. The van der Waals surface area contributed by atoms with Gasteiger partial charge in [-0.3, -0.25) is 0 Å². The Hall–Kier alpha value is -2.69. The highest BCUT2D eigenvalue weighted by atomic mass is 16.5. The van der Waals surface area contributed by atoms with E-state index in [1.165, 1.54) is 0 Å². The van der Waals surface area contributed by atoms with Crippen LogP contribution in [-0.4, -0.2) is 29.7 Å². The van der Waals surface area contributed by atoms with Crippen molar-refractivity contribution in [1.29, 1.82) is 0 Å². The molecule has 0 aliphatic rings. The minimum atomic E-state index is 0.190. The molecule has 0 aromatic heterocycles. The van der Waals surface area contributed by atoms with Crippen molar-refractivity contribution < 1.29 is 24.5 Å². The average molecular weight is 372 g/mol. The second-order valence-corrected chi connectivity index (χ2v) is 6.81. The van der Waals surface area contributed by atoms with Gasteiger partial charge in [0.1, 0.15) is 29.3 Å². The Labute approximate surface area is 160 Å². The Balaban J connectivity index is 1.75. The van der Waals surface area contributed by atoms with Gasteiger partial charge >= 0.3 is 0 Å². The third kappa shape index (κ3) is 6.51. The quantitative estimate of drug-likeness (QED) is 0.451. The first kappa shape index (κ1) is 20.6. The number of unbranched alkanes of at least 4 members (excludes halogenated alkanes) is 1. The molecule has 27 heavy (non-hydrogen) atoms. The molecule has 0 amide bonds. The molecule has 146 valence electrons. The van der Waals surface area contributed by atoms with Gasteiger partial charge in [-0.2, -0.15) is 0 Å². The van der Waals surface area contributed by atoms with Crippen LogP contribution in [0.3, 0.4) is 0 Å². The maximum Gasteiger partial charge on any atom is 0.125 e. The van der Waals surface area contributed by atoms with Crippen LogP contribution in [0.15, 0.2) is 36.4 Å². The molecule has 0 bridgehead atoms. The lowest BCUT2D eigenvalue weighted by molar-refractivity contribution is -0.108. The summed E-state index contributed by atoms with van der Waals surface area (Å²) < 4.78 is 11.4. The SMILES string of the molecule is Cc1c(OCCCCOc2cccc(O)c2)ccc(CC(C)CC=O)c1O. The number of carbonyl (C=O) groups excluding carboxylic acids is 1. The maximum absolute atomic E-state index is 10.6. The van der Waals surface area contributed by atoms with Crippen molar-refractivity contribution in [1.82, 2.24) is 0 Å². The van der Waals surface area contributed by atoms with Gasteiger partial charge in [-0.05, 0) is 55.9 Å². The third-order valence-corrected chi connectivity index (χ3v) is 4.41. The fourth-order valence-electron chi connectivity index (χ4n) is 2.83. The van der Waals surface area contributed by atoms with Gasteiger partial charge in [-0.1, -0.05) is 19.1 Å². The average Bonchev–Trinajstić information content (AvgIpc) is 2.64. The van der Waals surface area contributed by atoms with E-state index in [1.807, 2.05) is 26.0 Å². The Kier molecular flexibility index (Phi) is 7.99. The summed E-state index contributed by atoms with van der Waals surface area (Å²) in [6, 6.07) is 10.5. The van der Waals surface area contributed by atoms with Crippen LogP contribution in [-0.2, 0) is 11.2 Å². The molecule has 0 fully saturated rings. The molecule has 5 heteroatoms. The van der Waals surface area contributed by atoms with Crippen molar-refractivity contribution >= 4 is 6.29 Å². The number of aldehydes is 1. The summed E-state index contributed by atoms with van der Waals surface area (Å²) in [5, 5.41) is 19.8. The summed E-state index contributed by atoms with van der Waals surface area (Å²) in [5.74, 6) is 1.96. The number of phenolic OH excluding ortho intramolecular Hbond substituents is 2. The number of carbonyl (C=O) groups is 1. The first-order valence-electron chi connectivity index (χ1n) is 9.31. The molecule has 0 spiro atoms. The van der Waals surface area contributed by atoms with Crippen LogP contribution in [0.25, 0.3) is 0 Å². The standard InChI is InChI=1S/C22H28O5/c1-16(10-11-23)14-18-8-9-21(17(2)22(18)25)27-13-4-3-12-26-20-7-5-6-19(24)15-20/h5-9,11,15-16,24-25H,3-4,10,12-14H2,1-2H3. The van der Waals surface area contributed by atoms with Gasteiger partial charge < -0.3 is 24.5 Å². The second kappa shape index (κ2) is 10.5. The number of hydrogen-bond acceptors (Lipinski definition) is 5. The van der Waals surface area contributed by atoms with Crippen LogP contribution >= 0.6 is 0 Å². The van der Waals surface area contributed by atoms with Crippen LogP contribution in [0.1, 0.15) is 37.3 Å². The van der Waals surface area contributed by atoms with Crippen molar-refractivity contribution in [3.8, 4) is 23.0 Å². The molecule has 0 saturated heterocycles. The molecule has 0 aliphatic heterocycles. The predicted molar refractivity (Wildman–Crippen MR) is 105 cm³/mol. The lowest BCUT2D eigenvalue weighted by atomic mass is 9.96. The van der Waals surface area contributed by atoms with Crippen molar-refractivity contribution in [2.45, 2.75) is 39.5 Å². The van der Waals surface area contributed by atoms with E-state index in [0.29, 0.717) is 37.6 Å². The molecule has 2 aromatic carbocycles. The lowest BCUT2D eigenvalue weighted by Gasteiger charge is -2.15. The van der Waals surface area contributed by atoms with Crippen molar-refractivity contribution in [3.05, 3.63) is 47.5 Å². The molecular weight excluding hydrogens is 344 g/mol. The van der Waals surface area contributed by atoms with E-state index >= 15 is 0 Å². The third-order valence-electron chi connectivity index (χ3n) is 4.41. The van der Waals surface area contributed by atoms with E-state index in [1.54, 1.807) is 24.3 Å². The fourth-order valence-corrected chi connectivity index (χ4v) is 2.83. The van der Waals surface area contributed by atoms with Crippen molar-refractivity contribution in [2.75, 3.05) is 13.2 Å². The fraction of sp³-hybridized carbons (Fsp3) is 0.409. The predicted octanol–water partition coefficient (Wildman–Crippen LogP) is 4.41. The Morgan fingerprint density at radius 1 is 1.07 bits per heavy atom. The van der Waals surface area contributed by atoms with Crippen LogP contribution < -0.4 is 9.47 Å². The Morgan fingerprint density at radius 2 is 1.81 bits per heavy atom. The van der Waals surface area contributed by atoms with Crippen molar-refractivity contribution in [3.63, 3.8) is 0 Å². The highest BCUT2D eigenvalue weighted by molar-refractivity contribution is 5.51. The van der Waals surface area contributed by atoms with Crippen LogP contribution in [0.2, 0.25) is 0 Å². The highest BCUT2D eigenvalue weighted by Crippen LogP contribution is 2.32. The number of rotatable bonds is 11. The van der Waals surface area contributed by atoms with Crippen LogP contribution in [0.4, 0.5) is 0 Å². The van der Waals surface area contributed by atoms with E-state index < -0.39 is 0 Å². The summed E-state index contributed by atoms with van der Waals surface area (Å²) in [4.78, 5) is 10.6. The first-order valence-corrected chi connectivity index (χ1v) is 9.31. The molecule has 1 unspecified atom stereocenters. The normalized spacial score (nSPS) is 11.8. The Bertz CT molecular complexity index is 741. The molecule has 0 radical (unpaired) electrons. The summed E-state index contributed by atoms with van der Waals surface area (Å²) in [7, 11) is 0. The van der Waals surface area contributed by atoms with Gasteiger partial charge in [-0.25, -0.2) is 0 Å². The molecule has 0 saturated carbocycles. The van der Waals surface area contributed by atoms with Gasteiger partial charge in [0.05, 0.1) is 13.2 Å². The zero-order valence-electron chi connectivity index (χ0n) is 16.0. The molecule has 5 nitrogen and oxygen atoms in total. The molecule has 1 atom stereocenters.